The van der Waals surface area contributed by atoms with Crippen LogP contribution in [0.2, 0.25) is 0 Å². The Kier molecular flexibility index (Phi) is 3.93. The fourth-order valence-corrected chi connectivity index (χ4v) is 2.34. The fourth-order valence-electron chi connectivity index (χ4n) is 2.16. The maximum Gasteiger partial charge on any atom is 0.166 e. The molecular formula is C11H19N5S. The second kappa shape index (κ2) is 5.44. The average Bonchev–Trinajstić information content (AvgIpc) is 2.58. The summed E-state index contributed by atoms with van der Waals surface area (Å²) in [6.45, 7) is 3.09. The van der Waals surface area contributed by atoms with Crippen molar-refractivity contribution in [2.45, 2.75) is 45.2 Å². The number of hydrogen-bond donors (Lipinski definition) is 2. The van der Waals surface area contributed by atoms with Gasteiger partial charge in [0.2, 0.25) is 0 Å². The molecule has 0 saturated heterocycles. The Balaban J connectivity index is 2.15. The van der Waals surface area contributed by atoms with Gasteiger partial charge in [-0.05, 0) is 32.0 Å². The van der Waals surface area contributed by atoms with E-state index in [4.69, 9.17) is 12.2 Å². The molecule has 0 spiro atoms. The van der Waals surface area contributed by atoms with Crippen LogP contribution in [0.5, 0.6) is 0 Å². The molecule has 0 saturated carbocycles. The summed E-state index contributed by atoms with van der Waals surface area (Å²) in [5.41, 5.74) is 0. The molecule has 5 nitrogen and oxygen atoms in total. The molecule has 1 aliphatic rings. The summed E-state index contributed by atoms with van der Waals surface area (Å²) in [4.78, 5) is 0. The highest BCUT2D eigenvalue weighted by Crippen LogP contribution is 2.18. The SMILES string of the molecule is CNC(=S)N[C@H](C)c1nnc2n1CCCCC2. The van der Waals surface area contributed by atoms with E-state index in [1.807, 2.05) is 7.05 Å². The highest BCUT2D eigenvalue weighted by atomic mass is 32.1. The van der Waals surface area contributed by atoms with Crippen molar-refractivity contribution < 1.29 is 0 Å². The number of nitrogens with zero attached hydrogens (tertiary/aromatic N) is 3. The zero-order valence-corrected chi connectivity index (χ0v) is 11.2. The molecule has 6 heteroatoms. The molecule has 2 heterocycles. The van der Waals surface area contributed by atoms with Crippen molar-refractivity contribution in [3.63, 3.8) is 0 Å². The lowest BCUT2D eigenvalue weighted by Crippen LogP contribution is -2.35. The second-order valence-corrected chi connectivity index (χ2v) is 4.79. The first kappa shape index (κ1) is 12.3. The normalized spacial score (nSPS) is 16.8. The third-order valence-corrected chi connectivity index (χ3v) is 3.42. The van der Waals surface area contributed by atoms with Crippen LogP contribution in [0.15, 0.2) is 0 Å². The van der Waals surface area contributed by atoms with Gasteiger partial charge in [-0.1, -0.05) is 6.42 Å². The Morgan fingerprint density at radius 1 is 1.35 bits per heavy atom. The van der Waals surface area contributed by atoms with E-state index in [1.165, 1.54) is 19.3 Å². The van der Waals surface area contributed by atoms with Gasteiger partial charge in [0.05, 0.1) is 6.04 Å². The predicted molar refractivity (Wildman–Crippen MR) is 70.8 cm³/mol. The van der Waals surface area contributed by atoms with Crippen molar-refractivity contribution in [2.75, 3.05) is 7.05 Å². The summed E-state index contributed by atoms with van der Waals surface area (Å²) in [6.07, 6.45) is 4.74. The molecular weight excluding hydrogens is 234 g/mol. The zero-order chi connectivity index (χ0) is 12.3. The fraction of sp³-hybridized carbons (Fsp3) is 0.727. The Bertz CT molecular complexity index is 401. The van der Waals surface area contributed by atoms with Crippen molar-refractivity contribution in [1.29, 1.82) is 0 Å². The van der Waals surface area contributed by atoms with Crippen molar-refractivity contribution in [3.05, 3.63) is 11.6 Å². The number of aryl methyl sites for hydroxylation is 1. The highest BCUT2D eigenvalue weighted by Gasteiger charge is 2.19. The summed E-state index contributed by atoms with van der Waals surface area (Å²) >= 11 is 5.11. The van der Waals surface area contributed by atoms with Crippen LogP contribution < -0.4 is 10.6 Å². The maximum atomic E-state index is 5.11. The molecule has 0 aromatic carbocycles. The smallest absolute Gasteiger partial charge is 0.166 e. The lowest BCUT2D eigenvalue weighted by Gasteiger charge is -2.16. The molecule has 1 atom stereocenters. The van der Waals surface area contributed by atoms with E-state index in [0.29, 0.717) is 5.11 Å². The minimum absolute atomic E-state index is 0.0919. The van der Waals surface area contributed by atoms with Gasteiger partial charge < -0.3 is 15.2 Å². The van der Waals surface area contributed by atoms with E-state index in [0.717, 1.165) is 24.6 Å². The largest absolute Gasteiger partial charge is 0.366 e. The first-order valence-electron chi connectivity index (χ1n) is 6.12. The summed E-state index contributed by atoms with van der Waals surface area (Å²) in [7, 11) is 1.81. The van der Waals surface area contributed by atoms with Gasteiger partial charge in [0.1, 0.15) is 5.82 Å². The first-order chi connectivity index (χ1) is 8.22. The van der Waals surface area contributed by atoms with Crippen LogP contribution in [-0.4, -0.2) is 26.9 Å². The molecule has 0 amide bonds. The van der Waals surface area contributed by atoms with Gasteiger partial charge in [-0.2, -0.15) is 0 Å². The van der Waals surface area contributed by atoms with E-state index in [2.05, 4.69) is 32.3 Å². The molecule has 2 N–H and O–H groups in total. The van der Waals surface area contributed by atoms with Crippen LogP contribution in [-0.2, 0) is 13.0 Å². The van der Waals surface area contributed by atoms with Gasteiger partial charge >= 0.3 is 0 Å². The van der Waals surface area contributed by atoms with Crippen LogP contribution in [0.1, 0.15) is 43.9 Å². The Morgan fingerprint density at radius 3 is 2.94 bits per heavy atom. The lowest BCUT2D eigenvalue weighted by atomic mass is 10.2. The summed E-state index contributed by atoms with van der Waals surface area (Å²) in [5.74, 6) is 2.10. The maximum absolute atomic E-state index is 5.11. The van der Waals surface area contributed by atoms with Crippen LogP contribution in [0, 0.1) is 0 Å². The molecule has 0 aliphatic carbocycles. The van der Waals surface area contributed by atoms with Gasteiger partial charge in [0.25, 0.3) is 0 Å². The Hall–Kier alpha value is -1.17. The van der Waals surface area contributed by atoms with Crippen molar-refractivity contribution in [3.8, 4) is 0 Å². The first-order valence-corrected chi connectivity index (χ1v) is 6.53. The molecule has 1 aromatic heterocycles. The summed E-state index contributed by atoms with van der Waals surface area (Å²) < 4.78 is 2.24. The third kappa shape index (κ3) is 2.74. The van der Waals surface area contributed by atoms with Crippen molar-refractivity contribution >= 4 is 17.3 Å². The van der Waals surface area contributed by atoms with E-state index in [9.17, 15) is 0 Å². The summed E-state index contributed by atoms with van der Waals surface area (Å²) in [6, 6.07) is 0.0919. The van der Waals surface area contributed by atoms with E-state index in [-0.39, 0.29) is 6.04 Å². The number of thiocarbonyl (C=S) groups is 1. The van der Waals surface area contributed by atoms with Gasteiger partial charge in [-0.15, -0.1) is 10.2 Å². The van der Waals surface area contributed by atoms with Crippen molar-refractivity contribution in [1.82, 2.24) is 25.4 Å². The number of fused-ring (bicyclic) bond motifs is 1. The summed E-state index contributed by atoms with van der Waals surface area (Å²) in [5, 5.41) is 15.3. The van der Waals surface area contributed by atoms with E-state index in [1.54, 1.807) is 0 Å². The minimum atomic E-state index is 0.0919. The monoisotopic (exact) mass is 253 g/mol. The Morgan fingerprint density at radius 2 is 2.18 bits per heavy atom. The molecule has 17 heavy (non-hydrogen) atoms. The lowest BCUT2D eigenvalue weighted by molar-refractivity contribution is 0.556. The van der Waals surface area contributed by atoms with Gasteiger partial charge in [0, 0.05) is 20.0 Å². The topological polar surface area (TPSA) is 54.8 Å². The molecule has 0 unspecified atom stereocenters. The molecule has 94 valence electrons. The molecule has 1 aliphatic heterocycles. The number of hydrogen-bond acceptors (Lipinski definition) is 3. The molecule has 0 fully saturated rings. The van der Waals surface area contributed by atoms with Crippen molar-refractivity contribution in [2.24, 2.45) is 0 Å². The van der Waals surface area contributed by atoms with Crippen LogP contribution in [0.25, 0.3) is 0 Å². The average molecular weight is 253 g/mol. The molecule has 2 rings (SSSR count). The predicted octanol–water partition coefficient (Wildman–Crippen LogP) is 1.16. The molecule has 0 bridgehead atoms. The van der Waals surface area contributed by atoms with E-state index < -0.39 is 0 Å². The quantitative estimate of drug-likeness (QED) is 0.775. The van der Waals surface area contributed by atoms with E-state index >= 15 is 0 Å². The minimum Gasteiger partial charge on any atom is -0.366 e. The Labute approximate surface area is 107 Å². The van der Waals surface area contributed by atoms with Gasteiger partial charge in [-0.25, -0.2) is 0 Å². The zero-order valence-electron chi connectivity index (χ0n) is 10.4. The van der Waals surface area contributed by atoms with Crippen LogP contribution >= 0.6 is 12.2 Å². The van der Waals surface area contributed by atoms with Gasteiger partial charge in [-0.3, -0.25) is 0 Å². The number of aromatic nitrogens is 3. The van der Waals surface area contributed by atoms with Crippen LogP contribution in [0.3, 0.4) is 0 Å². The second-order valence-electron chi connectivity index (χ2n) is 4.38. The molecule has 0 radical (unpaired) electrons. The van der Waals surface area contributed by atoms with Gasteiger partial charge in [0.15, 0.2) is 10.9 Å². The molecule has 1 aromatic rings. The third-order valence-electron chi connectivity index (χ3n) is 3.10. The van der Waals surface area contributed by atoms with Crippen LogP contribution in [0.4, 0.5) is 0 Å². The highest BCUT2D eigenvalue weighted by molar-refractivity contribution is 7.80. The number of rotatable bonds is 2. The number of nitrogens with one attached hydrogen (secondary N) is 2. The standard InChI is InChI=1S/C11H19N5S/c1-8(13-11(17)12-2)10-15-14-9-6-4-3-5-7-16(9)10/h8H,3-7H2,1-2H3,(H2,12,13,17)/t8-/m1/s1.